The van der Waals surface area contributed by atoms with Gasteiger partial charge in [-0.15, -0.1) is 0 Å². The lowest BCUT2D eigenvalue weighted by Crippen LogP contribution is -2.39. The van der Waals surface area contributed by atoms with Crippen LogP contribution < -0.4 is 23.9 Å². The molecular weight excluding hydrogens is 458 g/mol. The van der Waals surface area contributed by atoms with Crippen LogP contribution in [0.1, 0.15) is 5.56 Å². The maximum Gasteiger partial charge on any atom is 0.264 e. The van der Waals surface area contributed by atoms with Crippen LogP contribution in [-0.2, 0) is 14.8 Å². The number of rotatable bonds is 10. The highest BCUT2D eigenvalue weighted by Gasteiger charge is 2.28. The molecule has 0 spiro atoms. The second-order valence-electron chi connectivity index (χ2n) is 6.93. The number of hydrogen-bond acceptors (Lipinski definition) is 7. The fourth-order valence-electron chi connectivity index (χ4n) is 3.08. The molecule has 0 aromatic heterocycles. The van der Waals surface area contributed by atoms with E-state index in [4.69, 9.17) is 14.2 Å². The highest BCUT2D eigenvalue weighted by molar-refractivity contribution is 7.92. The van der Waals surface area contributed by atoms with Gasteiger partial charge in [0.2, 0.25) is 0 Å². The standard InChI is InChI=1S/C24H25N3O6S/c1-31-20-9-7-8-18(14-20)16-25-26-24(28)17-27(34(29,30)21-10-5-4-6-11-21)19-12-13-22(32-2)23(15-19)33-3/h4-16H,17H2,1-3H3,(H,26,28)/b25-16-. The van der Waals surface area contributed by atoms with Crippen LogP contribution >= 0.6 is 0 Å². The zero-order valence-electron chi connectivity index (χ0n) is 19.0. The van der Waals surface area contributed by atoms with Gasteiger partial charge in [0, 0.05) is 6.07 Å². The molecule has 1 amide bonds. The largest absolute Gasteiger partial charge is 0.497 e. The Morgan fingerprint density at radius 2 is 1.65 bits per heavy atom. The van der Waals surface area contributed by atoms with Crippen LogP contribution in [0.3, 0.4) is 0 Å². The smallest absolute Gasteiger partial charge is 0.264 e. The number of nitrogens with zero attached hydrogens (tertiary/aromatic N) is 2. The molecule has 178 valence electrons. The molecule has 0 radical (unpaired) electrons. The third-order valence-electron chi connectivity index (χ3n) is 4.77. The first-order valence-corrected chi connectivity index (χ1v) is 11.6. The Labute approximate surface area is 198 Å². The highest BCUT2D eigenvalue weighted by Crippen LogP contribution is 2.33. The Bertz CT molecular complexity index is 1260. The lowest BCUT2D eigenvalue weighted by molar-refractivity contribution is -0.119. The average Bonchev–Trinajstić information content (AvgIpc) is 2.87. The van der Waals surface area contributed by atoms with E-state index in [2.05, 4.69) is 10.5 Å². The van der Waals surface area contributed by atoms with Gasteiger partial charge >= 0.3 is 0 Å². The normalized spacial score (nSPS) is 11.1. The molecule has 3 aromatic rings. The van der Waals surface area contributed by atoms with Crippen LogP contribution in [0, 0.1) is 0 Å². The van der Waals surface area contributed by atoms with Gasteiger partial charge in [0.05, 0.1) is 38.1 Å². The zero-order chi connectivity index (χ0) is 24.6. The molecule has 1 N–H and O–H groups in total. The summed E-state index contributed by atoms with van der Waals surface area (Å²) in [6, 6.07) is 19.5. The summed E-state index contributed by atoms with van der Waals surface area (Å²) in [5.41, 5.74) is 3.30. The van der Waals surface area contributed by atoms with E-state index in [1.165, 1.54) is 44.7 Å². The number of carbonyl (C=O) groups is 1. The molecule has 10 heteroatoms. The summed E-state index contributed by atoms with van der Waals surface area (Å²) < 4.78 is 43.5. The quantitative estimate of drug-likeness (QED) is 0.351. The number of hydrogen-bond donors (Lipinski definition) is 1. The van der Waals surface area contributed by atoms with Gasteiger partial charge in [0.15, 0.2) is 11.5 Å². The third-order valence-corrected chi connectivity index (χ3v) is 6.56. The van der Waals surface area contributed by atoms with Crippen molar-refractivity contribution in [3.8, 4) is 17.2 Å². The van der Waals surface area contributed by atoms with Gasteiger partial charge in [-0.1, -0.05) is 30.3 Å². The van der Waals surface area contributed by atoms with Gasteiger partial charge in [-0.3, -0.25) is 9.10 Å². The number of anilines is 1. The van der Waals surface area contributed by atoms with Crippen molar-refractivity contribution in [1.82, 2.24) is 5.43 Å². The van der Waals surface area contributed by atoms with Gasteiger partial charge in [0.1, 0.15) is 12.3 Å². The van der Waals surface area contributed by atoms with Crippen molar-refractivity contribution in [2.24, 2.45) is 5.10 Å². The van der Waals surface area contributed by atoms with E-state index in [-0.39, 0.29) is 10.6 Å². The summed E-state index contributed by atoms with van der Waals surface area (Å²) in [5, 5.41) is 3.93. The number of methoxy groups -OCH3 is 3. The van der Waals surface area contributed by atoms with Crippen LogP contribution in [0.5, 0.6) is 17.2 Å². The molecule has 0 bridgehead atoms. The van der Waals surface area contributed by atoms with Crippen molar-refractivity contribution in [2.75, 3.05) is 32.2 Å². The van der Waals surface area contributed by atoms with Crippen molar-refractivity contribution in [3.05, 3.63) is 78.4 Å². The predicted molar refractivity (Wildman–Crippen MR) is 129 cm³/mol. The average molecular weight is 484 g/mol. The molecular formula is C24H25N3O6S. The van der Waals surface area contributed by atoms with E-state index >= 15 is 0 Å². The fraction of sp³-hybridized carbons (Fsp3) is 0.167. The van der Waals surface area contributed by atoms with E-state index in [0.29, 0.717) is 22.8 Å². The summed E-state index contributed by atoms with van der Waals surface area (Å²) in [7, 11) is 0.395. The van der Waals surface area contributed by atoms with E-state index in [1.54, 1.807) is 55.6 Å². The number of nitrogens with one attached hydrogen (secondary N) is 1. The third kappa shape index (κ3) is 5.84. The summed E-state index contributed by atoms with van der Waals surface area (Å²) >= 11 is 0. The molecule has 0 aliphatic heterocycles. The summed E-state index contributed by atoms with van der Waals surface area (Å²) in [5.74, 6) is 0.762. The predicted octanol–water partition coefficient (Wildman–Crippen LogP) is 3.06. The van der Waals surface area contributed by atoms with E-state index < -0.39 is 22.5 Å². The second kappa shape index (κ2) is 11.2. The SMILES string of the molecule is COc1cccc(/C=N\NC(=O)CN(c2ccc(OC)c(OC)c2)S(=O)(=O)c2ccccc2)c1. The van der Waals surface area contributed by atoms with Crippen molar-refractivity contribution in [2.45, 2.75) is 4.90 Å². The number of amides is 1. The van der Waals surface area contributed by atoms with E-state index in [0.717, 1.165) is 4.31 Å². The van der Waals surface area contributed by atoms with Crippen LogP contribution in [0.25, 0.3) is 0 Å². The van der Waals surface area contributed by atoms with Gasteiger partial charge in [-0.05, 0) is 42.0 Å². The Kier molecular flexibility index (Phi) is 8.10. The highest BCUT2D eigenvalue weighted by atomic mass is 32.2. The Morgan fingerprint density at radius 3 is 2.32 bits per heavy atom. The number of carbonyl (C=O) groups excluding carboxylic acids is 1. The minimum absolute atomic E-state index is 0.0393. The molecule has 3 rings (SSSR count). The number of sulfonamides is 1. The number of ether oxygens (including phenoxy) is 3. The number of benzene rings is 3. The van der Waals surface area contributed by atoms with Gasteiger partial charge < -0.3 is 14.2 Å². The van der Waals surface area contributed by atoms with Crippen LogP contribution in [-0.4, -0.2) is 48.4 Å². The topological polar surface area (TPSA) is 107 Å². The zero-order valence-corrected chi connectivity index (χ0v) is 19.8. The molecule has 9 nitrogen and oxygen atoms in total. The monoisotopic (exact) mass is 483 g/mol. The van der Waals surface area contributed by atoms with Gasteiger partial charge in [-0.2, -0.15) is 5.10 Å². The molecule has 0 fully saturated rings. The lowest BCUT2D eigenvalue weighted by Gasteiger charge is -2.24. The molecule has 0 saturated heterocycles. The maximum atomic E-state index is 13.4. The molecule has 3 aromatic carbocycles. The van der Waals surface area contributed by atoms with Crippen LogP contribution in [0.4, 0.5) is 5.69 Å². The first-order valence-electron chi connectivity index (χ1n) is 10.1. The summed E-state index contributed by atoms with van der Waals surface area (Å²) in [6.07, 6.45) is 1.44. The minimum atomic E-state index is -4.07. The Hall–Kier alpha value is -4.05. The molecule has 0 unspecified atom stereocenters. The summed E-state index contributed by atoms with van der Waals surface area (Å²) in [6.45, 7) is -0.512. The summed E-state index contributed by atoms with van der Waals surface area (Å²) in [4.78, 5) is 12.7. The molecule has 0 aliphatic rings. The molecule has 0 atom stereocenters. The lowest BCUT2D eigenvalue weighted by atomic mass is 10.2. The van der Waals surface area contributed by atoms with E-state index in [9.17, 15) is 13.2 Å². The van der Waals surface area contributed by atoms with Crippen molar-refractivity contribution < 1.29 is 27.4 Å². The Morgan fingerprint density at radius 1 is 0.912 bits per heavy atom. The van der Waals surface area contributed by atoms with Gasteiger partial charge in [-0.25, -0.2) is 13.8 Å². The van der Waals surface area contributed by atoms with Crippen molar-refractivity contribution in [1.29, 1.82) is 0 Å². The van der Waals surface area contributed by atoms with Crippen molar-refractivity contribution >= 4 is 27.8 Å². The van der Waals surface area contributed by atoms with Gasteiger partial charge in [0.25, 0.3) is 15.9 Å². The first kappa shape index (κ1) is 24.6. The maximum absolute atomic E-state index is 13.4. The van der Waals surface area contributed by atoms with E-state index in [1.807, 2.05) is 0 Å². The molecule has 34 heavy (non-hydrogen) atoms. The number of hydrazone groups is 1. The fourth-order valence-corrected chi connectivity index (χ4v) is 4.52. The van der Waals surface area contributed by atoms with Crippen LogP contribution in [0.15, 0.2) is 82.8 Å². The Balaban J connectivity index is 1.88. The molecule has 0 saturated carbocycles. The molecule has 0 heterocycles. The minimum Gasteiger partial charge on any atom is -0.497 e. The first-order chi connectivity index (χ1) is 16.4. The van der Waals surface area contributed by atoms with Crippen molar-refractivity contribution in [3.63, 3.8) is 0 Å². The van der Waals surface area contributed by atoms with Crippen LogP contribution in [0.2, 0.25) is 0 Å². The molecule has 0 aliphatic carbocycles. The second-order valence-corrected chi connectivity index (χ2v) is 8.80.